The topological polar surface area (TPSA) is 75.2 Å². The molecule has 0 radical (unpaired) electrons. The number of methoxy groups -OCH3 is 2. The van der Waals surface area contributed by atoms with E-state index in [2.05, 4.69) is 21.7 Å². The Morgan fingerprint density at radius 1 is 1.10 bits per heavy atom. The molecule has 2 aromatic rings. The molecule has 0 saturated heterocycles. The average Bonchev–Trinajstić information content (AvgIpc) is 3.24. The van der Waals surface area contributed by atoms with E-state index in [0.29, 0.717) is 31.0 Å². The maximum absolute atomic E-state index is 12.6. The van der Waals surface area contributed by atoms with E-state index in [1.165, 1.54) is 5.56 Å². The van der Waals surface area contributed by atoms with Crippen LogP contribution in [0.15, 0.2) is 47.5 Å². The van der Waals surface area contributed by atoms with Gasteiger partial charge in [0.15, 0.2) is 17.5 Å². The fraction of sp³-hybridized carbons (Fsp3) is 0.417. The molecule has 0 aromatic heterocycles. The number of carbonyl (C=O) groups excluding carboxylic acids is 1. The quantitative estimate of drug-likeness (QED) is 0.368. The van der Waals surface area contributed by atoms with Crippen LogP contribution in [0.5, 0.6) is 11.5 Å². The van der Waals surface area contributed by atoms with Gasteiger partial charge < -0.3 is 25.0 Å². The van der Waals surface area contributed by atoms with Crippen LogP contribution in [0.25, 0.3) is 0 Å². The molecule has 0 fully saturated rings. The van der Waals surface area contributed by atoms with Crippen molar-refractivity contribution in [2.24, 2.45) is 4.99 Å². The predicted octanol–water partition coefficient (Wildman–Crippen LogP) is 3.13. The van der Waals surface area contributed by atoms with Gasteiger partial charge in [0.05, 0.1) is 20.8 Å². The van der Waals surface area contributed by atoms with E-state index in [-0.39, 0.29) is 5.91 Å². The maximum atomic E-state index is 12.6. The van der Waals surface area contributed by atoms with E-state index in [1.807, 2.05) is 48.2 Å². The molecule has 3 rings (SSSR count). The summed E-state index contributed by atoms with van der Waals surface area (Å²) in [6.07, 6.45) is 2.20. The molecule has 166 valence electrons. The van der Waals surface area contributed by atoms with Crippen LogP contribution in [-0.2, 0) is 17.8 Å². The average molecular weight is 425 g/mol. The molecule has 2 aromatic carbocycles. The Balaban J connectivity index is 1.49. The largest absolute Gasteiger partial charge is 0.493 e. The molecule has 7 heteroatoms. The van der Waals surface area contributed by atoms with Crippen molar-refractivity contribution < 1.29 is 14.3 Å². The van der Waals surface area contributed by atoms with Crippen molar-refractivity contribution in [3.63, 3.8) is 0 Å². The first kappa shape index (κ1) is 22.5. The van der Waals surface area contributed by atoms with Gasteiger partial charge in [0.2, 0.25) is 5.91 Å². The van der Waals surface area contributed by atoms with E-state index < -0.39 is 0 Å². The number of hydrogen-bond donors (Lipinski definition) is 2. The number of carbonyl (C=O) groups is 1. The fourth-order valence-corrected chi connectivity index (χ4v) is 3.67. The van der Waals surface area contributed by atoms with Gasteiger partial charge in [-0.15, -0.1) is 0 Å². The molecule has 0 spiro atoms. The minimum Gasteiger partial charge on any atom is -0.493 e. The number of guanidine groups is 1. The van der Waals surface area contributed by atoms with Gasteiger partial charge in [-0.05, 0) is 49.1 Å². The van der Waals surface area contributed by atoms with Gasteiger partial charge in [-0.3, -0.25) is 4.79 Å². The minimum atomic E-state index is 0.180. The number of benzene rings is 2. The summed E-state index contributed by atoms with van der Waals surface area (Å²) in [6, 6.07) is 13.9. The van der Waals surface area contributed by atoms with E-state index in [9.17, 15) is 4.79 Å². The highest BCUT2D eigenvalue weighted by atomic mass is 16.5. The first-order chi connectivity index (χ1) is 15.2. The van der Waals surface area contributed by atoms with Crippen LogP contribution in [0.3, 0.4) is 0 Å². The van der Waals surface area contributed by atoms with E-state index in [1.54, 1.807) is 14.2 Å². The Kier molecular flexibility index (Phi) is 8.15. The van der Waals surface area contributed by atoms with Crippen LogP contribution in [0.4, 0.5) is 5.69 Å². The van der Waals surface area contributed by atoms with E-state index >= 15 is 0 Å². The first-order valence-corrected chi connectivity index (χ1v) is 10.8. The van der Waals surface area contributed by atoms with Crippen LogP contribution < -0.4 is 25.0 Å². The second-order valence-electron chi connectivity index (χ2n) is 7.34. The summed E-state index contributed by atoms with van der Waals surface area (Å²) < 4.78 is 10.6. The van der Waals surface area contributed by atoms with Crippen LogP contribution in [0.2, 0.25) is 0 Å². The Morgan fingerprint density at radius 2 is 1.90 bits per heavy atom. The lowest BCUT2D eigenvalue weighted by molar-refractivity contribution is -0.118. The Labute approximate surface area is 184 Å². The molecule has 7 nitrogen and oxygen atoms in total. The summed E-state index contributed by atoms with van der Waals surface area (Å²) >= 11 is 0. The van der Waals surface area contributed by atoms with Crippen molar-refractivity contribution in [1.82, 2.24) is 10.6 Å². The Hall–Kier alpha value is -3.22. The number of aliphatic imine (C=N–C) groups is 1. The monoisotopic (exact) mass is 424 g/mol. The molecule has 1 heterocycles. The molecule has 1 amide bonds. The van der Waals surface area contributed by atoms with Crippen LogP contribution in [0, 0.1) is 0 Å². The SMILES string of the molecule is CCNC(=NCc1ccc(OC)c(OC)c1)NCCCC(=O)N1CCc2ccccc21. The second kappa shape index (κ2) is 11.2. The minimum absolute atomic E-state index is 0.180. The summed E-state index contributed by atoms with van der Waals surface area (Å²) in [5, 5.41) is 6.57. The highest BCUT2D eigenvalue weighted by molar-refractivity contribution is 5.95. The molecule has 0 bridgehead atoms. The van der Waals surface area contributed by atoms with Crippen molar-refractivity contribution in [3.8, 4) is 11.5 Å². The normalized spacial score (nSPS) is 13.0. The van der Waals surface area contributed by atoms with Gasteiger partial charge in [-0.1, -0.05) is 24.3 Å². The Bertz CT molecular complexity index is 913. The first-order valence-electron chi connectivity index (χ1n) is 10.8. The van der Waals surface area contributed by atoms with Gasteiger partial charge in [-0.25, -0.2) is 4.99 Å². The summed E-state index contributed by atoms with van der Waals surface area (Å²) in [5.41, 5.74) is 3.34. The fourth-order valence-electron chi connectivity index (χ4n) is 3.67. The van der Waals surface area contributed by atoms with Crippen molar-refractivity contribution >= 4 is 17.6 Å². The molecule has 2 N–H and O–H groups in total. The van der Waals surface area contributed by atoms with Gasteiger partial charge in [0.25, 0.3) is 0 Å². The lowest BCUT2D eigenvalue weighted by Gasteiger charge is -2.17. The molecule has 0 aliphatic carbocycles. The van der Waals surface area contributed by atoms with Crippen molar-refractivity contribution in [3.05, 3.63) is 53.6 Å². The molecule has 0 saturated carbocycles. The highest BCUT2D eigenvalue weighted by Gasteiger charge is 2.23. The second-order valence-corrected chi connectivity index (χ2v) is 7.34. The molecule has 0 atom stereocenters. The zero-order chi connectivity index (χ0) is 22.1. The van der Waals surface area contributed by atoms with Crippen molar-refractivity contribution in [2.45, 2.75) is 32.7 Å². The standard InChI is InChI=1S/C24H32N4O3/c1-4-25-24(27-17-18-11-12-21(30-2)22(16-18)31-3)26-14-7-10-23(29)28-15-13-19-8-5-6-9-20(19)28/h5-6,8-9,11-12,16H,4,7,10,13-15,17H2,1-3H3,(H2,25,26,27). The van der Waals surface area contributed by atoms with Crippen molar-refractivity contribution in [2.75, 3.05) is 38.8 Å². The lowest BCUT2D eigenvalue weighted by atomic mass is 10.2. The highest BCUT2D eigenvalue weighted by Crippen LogP contribution is 2.28. The van der Waals surface area contributed by atoms with Gasteiger partial charge in [0.1, 0.15) is 0 Å². The molecular formula is C24H32N4O3. The zero-order valence-corrected chi connectivity index (χ0v) is 18.6. The molecule has 31 heavy (non-hydrogen) atoms. The lowest BCUT2D eigenvalue weighted by Crippen LogP contribution is -2.38. The van der Waals surface area contributed by atoms with E-state index in [4.69, 9.17) is 9.47 Å². The summed E-state index contributed by atoms with van der Waals surface area (Å²) in [7, 11) is 3.24. The molecule has 1 aliphatic heterocycles. The Morgan fingerprint density at radius 3 is 2.68 bits per heavy atom. The number of fused-ring (bicyclic) bond motifs is 1. The predicted molar refractivity (Wildman–Crippen MR) is 124 cm³/mol. The van der Waals surface area contributed by atoms with Gasteiger partial charge in [0, 0.05) is 31.7 Å². The number of para-hydroxylation sites is 1. The third-order valence-corrected chi connectivity index (χ3v) is 5.26. The summed E-state index contributed by atoms with van der Waals surface area (Å²) in [6.45, 7) is 4.77. The van der Waals surface area contributed by atoms with Gasteiger partial charge >= 0.3 is 0 Å². The number of ether oxygens (including phenoxy) is 2. The van der Waals surface area contributed by atoms with Crippen LogP contribution >= 0.6 is 0 Å². The third-order valence-electron chi connectivity index (χ3n) is 5.26. The number of nitrogens with one attached hydrogen (secondary N) is 2. The number of rotatable bonds is 9. The summed E-state index contributed by atoms with van der Waals surface area (Å²) in [5.74, 6) is 2.30. The number of amides is 1. The smallest absolute Gasteiger partial charge is 0.227 e. The number of hydrogen-bond acceptors (Lipinski definition) is 4. The number of nitrogens with zero attached hydrogens (tertiary/aromatic N) is 2. The molecular weight excluding hydrogens is 392 g/mol. The maximum Gasteiger partial charge on any atom is 0.227 e. The zero-order valence-electron chi connectivity index (χ0n) is 18.6. The molecule has 0 unspecified atom stereocenters. The van der Waals surface area contributed by atoms with Crippen LogP contribution in [-0.4, -0.2) is 45.7 Å². The third kappa shape index (κ3) is 5.90. The van der Waals surface area contributed by atoms with Gasteiger partial charge in [-0.2, -0.15) is 0 Å². The van der Waals surface area contributed by atoms with Crippen molar-refractivity contribution in [1.29, 1.82) is 0 Å². The summed E-state index contributed by atoms with van der Waals surface area (Å²) in [4.78, 5) is 19.2. The van der Waals surface area contributed by atoms with E-state index in [0.717, 1.165) is 43.1 Å². The van der Waals surface area contributed by atoms with Crippen LogP contribution in [0.1, 0.15) is 30.9 Å². The molecule has 1 aliphatic rings. The number of anilines is 1.